The summed E-state index contributed by atoms with van der Waals surface area (Å²) in [6.45, 7) is -0.358. The van der Waals surface area contributed by atoms with E-state index in [9.17, 15) is 13.6 Å². The SMILES string of the molecule is CCOc1cc(CN(C)C(=O)CC2CCCCC2)ccc1OC(F)F. The number of hydrogen-bond donors (Lipinski definition) is 0. The van der Waals surface area contributed by atoms with Gasteiger partial charge in [0.05, 0.1) is 6.61 Å². The average Bonchev–Trinajstić information content (AvgIpc) is 2.58. The Morgan fingerprint density at radius 2 is 1.96 bits per heavy atom. The molecule has 0 aliphatic heterocycles. The highest BCUT2D eigenvalue weighted by atomic mass is 19.3. The van der Waals surface area contributed by atoms with E-state index in [2.05, 4.69) is 4.74 Å². The van der Waals surface area contributed by atoms with Crippen LogP contribution in [0.1, 0.15) is 51.0 Å². The second-order valence-electron chi connectivity index (χ2n) is 6.55. The molecule has 0 aromatic heterocycles. The number of halogens is 2. The Hall–Kier alpha value is -1.85. The van der Waals surface area contributed by atoms with Gasteiger partial charge in [-0.2, -0.15) is 8.78 Å². The number of hydrogen-bond acceptors (Lipinski definition) is 3. The molecule has 0 saturated heterocycles. The average molecular weight is 355 g/mol. The maximum Gasteiger partial charge on any atom is 0.387 e. The van der Waals surface area contributed by atoms with Crippen LogP contribution in [-0.2, 0) is 11.3 Å². The lowest BCUT2D eigenvalue weighted by Gasteiger charge is -2.24. The first kappa shape index (κ1) is 19.5. The summed E-state index contributed by atoms with van der Waals surface area (Å²) in [5.74, 6) is 0.896. The maximum absolute atomic E-state index is 12.4. The molecule has 1 aromatic carbocycles. The Morgan fingerprint density at radius 1 is 1.24 bits per heavy atom. The molecule has 1 amide bonds. The fraction of sp³-hybridized carbons (Fsp3) is 0.632. The first-order valence-corrected chi connectivity index (χ1v) is 8.94. The lowest BCUT2D eigenvalue weighted by atomic mass is 9.86. The van der Waals surface area contributed by atoms with Crippen LogP contribution in [-0.4, -0.2) is 31.1 Å². The quantitative estimate of drug-likeness (QED) is 0.683. The van der Waals surface area contributed by atoms with Crippen LogP contribution in [0.25, 0.3) is 0 Å². The van der Waals surface area contributed by atoms with Crippen molar-refractivity contribution in [2.75, 3.05) is 13.7 Å². The van der Waals surface area contributed by atoms with Crippen LogP contribution in [0.4, 0.5) is 8.78 Å². The van der Waals surface area contributed by atoms with Crippen molar-refractivity contribution in [2.45, 2.75) is 58.6 Å². The smallest absolute Gasteiger partial charge is 0.387 e. The van der Waals surface area contributed by atoms with Gasteiger partial charge >= 0.3 is 6.61 Å². The predicted molar refractivity (Wildman–Crippen MR) is 91.9 cm³/mol. The van der Waals surface area contributed by atoms with Crippen molar-refractivity contribution in [1.29, 1.82) is 0 Å². The van der Waals surface area contributed by atoms with Crippen LogP contribution in [0.2, 0.25) is 0 Å². The monoisotopic (exact) mass is 355 g/mol. The Bertz CT molecular complexity index is 560. The summed E-state index contributed by atoms with van der Waals surface area (Å²) in [6, 6.07) is 4.81. The highest BCUT2D eigenvalue weighted by molar-refractivity contribution is 5.76. The molecule has 2 rings (SSSR count). The van der Waals surface area contributed by atoms with Gasteiger partial charge < -0.3 is 14.4 Å². The molecule has 1 fully saturated rings. The topological polar surface area (TPSA) is 38.8 Å². The Labute approximate surface area is 148 Å². The summed E-state index contributed by atoms with van der Waals surface area (Å²) in [4.78, 5) is 14.1. The molecular weight excluding hydrogens is 328 g/mol. The standard InChI is InChI=1S/C19H27F2NO3/c1-3-24-17-11-15(9-10-16(17)25-19(20)21)13-22(2)18(23)12-14-7-5-4-6-8-14/h9-11,14,19H,3-8,12-13H2,1-2H3. The Morgan fingerprint density at radius 3 is 2.60 bits per heavy atom. The zero-order chi connectivity index (χ0) is 18.2. The summed E-state index contributed by atoms with van der Waals surface area (Å²) >= 11 is 0. The minimum absolute atomic E-state index is 0.0109. The normalized spacial score (nSPS) is 15.2. The van der Waals surface area contributed by atoms with E-state index >= 15 is 0 Å². The molecule has 0 atom stereocenters. The molecule has 0 heterocycles. The van der Waals surface area contributed by atoms with Crippen molar-refractivity contribution in [2.24, 2.45) is 5.92 Å². The minimum Gasteiger partial charge on any atom is -0.490 e. The molecule has 140 valence electrons. The number of alkyl halides is 2. The molecule has 0 spiro atoms. The summed E-state index contributed by atoms with van der Waals surface area (Å²) in [5, 5.41) is 0. The van der Waals surface area contributed by atoms with Crippen LogP contribution >= 0.6 is 0 Å². The third-order valence-electron chi connectivity index (χ3n) is 4.56. The van der Waals surface area contributed by atoms with Crippen molar-refractivity contribution in [1.82, 2.24) is 4.90 Å². The molecule has 0 radical (unpaired) electrons. The van der Waals surface area contributed by atoms with Gasteiger partial charge in [-0.3, -0.25) is 4.79 Å². The number of nitrogens with zero attached hydrogens (tertiary/aromatic N) is 1. The summed E-state index contributed by atoms with van der Waals surface area (Å²) in [7, 11) is 1.77. The van der Waals surface area contributed by atoms with Gasteiger partial charge in [-0.05, 0) is 43.4 Å². The molecule has 4 nitrogen and oxygen atoms in total. The van der Waals surface area contributed by atoms with Crippen molar-refractivity contribution in [3.8, 4) is 11.5 Å². The van der Waals surface area contributed by atoms with Crippen molar-refractivity contribution in [3.05, 3.63) is 23.8 Å². The molecular formula is C19H27F2NO3. The molecule has 25 heavy (non-hydrogen) atoms. The lowest BCUT2D eigenvalue weighted by Crippen LogP contribution is -2.28. The first-order valence-electron chi connectivity index (χ1n) is 8.94. The van der Waals surface area contributed by atoms with E-state index in [-0.39, 0.29) is 17.4 Å². The first-order chi connectivity index (χ1) is 12.0. The zero-order valence-electron chi connectivity index (χ0n) is 15.0. The van der Waals surface area contributed by atoms with E-state index in [1.165, 1.54) is 25.3 Å². The number of amides is 1. The van der Waals surface area contributed by atoms with Crippen LogP contribution in [0, 0.1) is 5.92 Å². The van der Waals surface area contributed by atoms with Gasteiger partial charge in [-0.1, -0.05) is 25.3 Å². The molecule has 6 heteroatoms. The van der Waals surface area contributed by atoms with Crippen molar-refractivity contribution < 1.29 is 23.0 Å². The van der Waals surface area contributed by atoms with E-state index in [1.54, 1.807) is 31.0 Å². The van der Waals surface area contributed by atoms with Crippen LogP contribution in [0.3, 0.4) is 0 Å². The van der Waals surface area contributed by atoms with Crippen molar-refractivity contribution in [3.63, 3.8) is 0 Å². The summed E-state index contributed by atoms with van der Waals surface area (Å²) in [5.41, 5.74) is 0.824. The number of carbonyl (C=O) groups excluding carboxylic acids is 1. The van der Waals surface area contributed by atoms with Gasteiger partial charge in [0.25, 0.3) is 0 Å². The minimum atomic E-state index is -2.90. The van der Waals surface area contributed by atoms with Gasteiger partial charge in [0.1, 0.15) is 0 Å². The lowest BCUT2D eigenvalue weighted by molar-refractivity contribution is -0.131. The van der Waals surface area contributed by atoms with E-state index < -0.39 is 6.61 Å². The molecule has 0 bridgehead atoms. The third kappa shape index (κ3) is 6.18. The highest BCUT2D eigenvalue weighted by Crippen LogP contribution is 2.31. The number of benzene rings is 1. The van der Waals surface area contributed by atoms with Crippen LogP contribution in [0.5, 0.6) is 11.5 Å². The zero-order valence-corrected chi connectivity index (χ0v) is 15.0. The number of ether oxygens (including phenoxy) is 2. The molecule has 0 unspecified atom stereocenters. The highest BCUT2D eigenvalue weighted by Gasteiger charge is 2.20. The second kappa shape index (κ2) is 9.59. The van der Waals surface area contributed by atoms with Gasteiger partial charge in [-0.25, -0.2) is 0 Å². The Balaban J connectivity index is 1.97. The van der Waals surface area contributed by atoms with Gasteiger partial charge in [0, 0.05) is 20.0 Å². The van der Waals surface area contributed by atoms with Gasteiger partial charge in [0.15, 0.2) is 11.5 Å². The molecule has 1 aliphatic carbocycles. The molecule has 1 saturated carbocycles. The number of carbonyl (C=O) groups is 1. The number of rotatable bonds is 8. The van der Waals surface area contributed by atoms with E-state index in [0.29, 0.717) is 25.5 Å². The van der Waals surface area contributed by atoms with Crippen molar-refractivity contribution >= 4 is 5.91 Å². The van der Waals surface area contributed by atoms with E-state index in [0.717, 1.165) is 18.4 Å². The van der Waals surface area contributed by atoms with Gasteiger partial charge in [-0.15, -0.1) is 0 Å². The summed E-state index contributed by atoms with van der Waals surface area (Å²) < 4.78 is 34.7. The fourth-order valence-electron chi connectivity index (χ4n) is 3.27. The molecule has 1 aliphatic rings. The van der Waals surface area contributed by atoms with Crippen LogP contribution in [0.15, 0.2) is 18.2 Å². The van der Waals surface area contributed by atoms with Crippen LogP contribution < -0.4 is 9.47 Å². The van der Waals surface area contributed by atoms with E-state index in [1.807, 2.05) is 0 Å². The maximum atomic E-state index is 12.4. The molecule has 1 aromatic rings. The van der Waals surface area contributed by atoms with Gasteiger partial charge in [0.2, 0.25) is 5.91 Å². The Kier molecular flexibility index (Phi) is 7.47. The molecule has 0 N–H and O–H groups in total. The third-order valence-corrected chi connectivity index (χ3v) is 4.56. The predicted octanol–water partition coefficient (Wildman–Crippen LogP) is 4.62. The summed E-state index contributed by atoms with van der Waals surface area (Å²) in [6.07, 6.45) is 6.55. The van der Waals surface area contributed by atoms with E-state index in [4.69, 9.17) is 4.74 Å². The largest absolute Gasteiger partial charge is 0.490 e. The second-order valence-corrected chi connectivity index (χ2v) is 6.55. The fourth-order valence-corrected chi connectivity index (χ4v) is 3.27.